The summed E-state index contributed by atoms with van der Waals surface area (Å²) in [6, 6.07) is 15.6. The lowest BCUT2D eigenvalue weighted by Crippen LogP contribution is -2.46. The molecule has 1 fully saturated rings. The van der Waals surface area contributed by atoms with Crippen LogP contribution in [0.15, 0.2) is 59.5 Å². The summed E-state index contributed by atoms with van der Waals surface area (Å²) >= 11 is 0. The Morgan fingerprint density at radius 3 is 2.31 bits per heavy atom. The van der Waals surface area contributed by atoms with Gasteiger partial charge in [-0.15, -0.1) is 0 Å². The maximum atomic E-state index is 13.2. The van der Waals surface area contributed by atoms with Crippen LogP contribution in [0, 0.1) is 0 Å². The number of nitrogens with zero attached hydrogens (tertiary/aromatic N) is 1. The van der Waals surface area contributed by atoms with Crippen molar-refractivity contribution in [3.8, 4) is 5.75 Å². The summed E-state index contributed by atoms with van der Waals surface area (Å²) in [5, 5.41) is 2.84. The number of methoxy groups -OCH3 is 1. The predicted octanol–water partition coefficient (Wildman–Crippen LogP) is 3.34. The molecule has 156 valence electrons. The zero-order valence-electron chi connectivity index (χ0n) is 16.7. The number of nitrogens with one attached hydrogen (secondary N) is 1. The van der Waals surface area contributed by atoms with Crippen LogP contribution in [-0.2, 0) is 21.4 Å². The van der Waals surface area contributed by atoms with E-state index in [4.69, 9.17) is 4.74 Å². The van der Waals surface area contributed by atoms with Gasteiger partial charge in [0.25, 0.3) is 0 Å². The lowest BCUT2D eigenvalue weighted by atomic mass is 9.95. The Hall–Kier alpha value is -2.38. The third-order valence-electron chi connectivity index (χ3n) is 5.28. The summed E-state index contributed by atoms with van der Waals surface area (Å²) < 4.78 is 33.0. The molecule has 1 aliphatic carbocycles. The molecule has 2 aromatic carbocycles. The molecule has 0 aliphatic heterocycles. The molecule has 1 amide bonds. The van der Waals surface area contributed by atoms with Crippen LogP contribution in [0.25, 0.3) is 0 Å². The molecule has 0 atom stereocenters. The molecule has 1 aliphatic rings. The molecule has 0 radical (unpaired) electrons. The van der Waals surface area contributed by atoms with E-state index < -0.39 is 10.0 Å². The maximum Gasteiger partial charge on any atom is 0.243 e. The fourth-order valence-electron chi connectivity index (χ4n) is 3.65. The Balaban J connectivity index is 1.71. The Kier molecular flexibility index (Phi) is 7.28. The van der Waals surface area contributed by atoms with Crippen molar-refractivity contribution in [2.24, 2.45) is 0 Å². The van der Waals surface area contributed by atoms with E-state index in [0.29, 0.717) is 6.54 Å². The molecule has 1 N–H and O–H groups in total. The molecule has 2 aromatic rings. The summed E-state index contributed by atoms with van der Waals surface area (Å²) in [6.45, 7) is 0.171. The lowest BCUT2D eigenvalue weighted by molar-refractivity contribution is -0.121. The number of ether oxygens (including phenoxy) is 1. The number of rotatable bonds is 8. The van der Waals surface area contributed by atoms with Gasteiger partial charge >= 0.3 is 0 Å². The molecule has 1 saturated carbocycles. The highest BCUT2D eigenvalue weighted by Crippen LogP contribution is 2.27. The van der Waals surface area contributed by atoms with E-state index >= 15 is 0 Å². The van der Waals surface area contributed by atoms with E-state index in [9.17, 15) is 13.2 Å². The first-order chi connectivity index (χ1) is 14.0. The smallest absolute Gasteiger partial charge is 0.243 e. The number of carbonyl (C=O) groups excluding carboxylic acids is 1. The Labute approximate surface area is 172 Å². The molecule has 6 nitrogen and oxygen atoms in total. The van der Waals surface area contributed by atoms with E-state index in [1.54, 1.807) is 37.4 Å². The molecule has 0 heterocycles. The summed E-state index contributed by atoms with van der Waals surface area (Å²) in [7, 11) is -2.13. The van der Waals surface area contributed by atoms with Crippen LogP contribution >= 0.6 is 0 Å². The van der Waals surface area contributed by atoms with Crippen LogP contribution in [0.1, 0.15) is 37.7 Å². The van der Waals surface area contributed by atoms with Gasteiger partial charge < -0.3 is 10.1 Å². The topological polar surface area (TPSA) is 75.7 Å². The van der Waals surface area contributed by atoms with Crippen LogP contribution in [0.5, 0.6) is 5.75 Å². The molecule has 7 heteroatoms. The second-order valence-electron chi connectivity index (χ2n) is 7.28. The number of amides is 1. The Bertz CT molecular complexity index is 892. The molecule has 0 bridgehead atoms. The average molecular weight is 417 g/mol. The monoisotopic (exact) mass is 416 g/mol. The number of hydrogen-bond donors (Lipinski definition) is 1. The molecule has 0 aromatic heterocycles. The second kappa shape index (κ2) is 9.89. The molecular formula is C22H28N2O4S. The highest BCUT2D eigenvalue weighted by atomic mass is 32.2. The second-order valence-corrected chi connectivity index (χ2v) is 9.17. The molecule has 29 heavy (non-hydrogen) atoms. The summed E-state index contributed by atoms with van der Waals surface area (Å²) in [6.07, 6.45) is 4.66. The number of benzene rings is 2. The highest BCUT2D eigenvalue weighted by Gasteiger charge is 2.33. The summed E-state index contributed by atoms with van der Waals surface area (Å²) in [5.74, 6) is 0.448. The van der Waals surface area contributed by atoms with Gasteiger partial charge in [-0.05, 0) is 42.7 Å². The zero-order valence-corrected chi connectivity index (χ0v) is 17.5. The number of carbonyl (C=O) groups is 1. The van der Waals surface area contributed by atoms with Crippen molar-refractivity contribution in [3.05, 3.63) is 60.2 Å². The minimum Gasteiger partial charge on any atom is -0.497 e. The van der Waals surface area contributed by atoms with Crippen LogP contribution in [0.2, 0.25) is 0 Å². The summed E-state index contributed by atoms with van der Waals surface area (Å²) in [5.41, 5.74) is 0.925. The average Bonchev–Trinajstić information content (AvgIpc) is 2.77. The van der Waals surface area contributed by atoms with Gasteiger partial charge in [0, 0.05) is 12.6 Å². The Morgan fingerprint density at radius 2 is 1.69 bits per heavy atom. The SMILES string of the molecule is COc1ccc(CNC(=O)CN(C2CCCCC2)S(=O)(=O)c2ccccc2)cc1. The van der Waals surface area contributed by atoms with Gasteiger partial charge in [0.15, 0.2) is 0 Å². The van der Waals surface area contributed by atoms with E-state index in [1.807, 2.05) is 24.3 Å². The van der Waals surface area contributed by atoms with Gasteiger partial charge in [0.1, 0.15) is 5.75 Å². The van der Waals surface area contributed by atoms with Crippen molar-refractivity contribution < 1.29 is 17.9 Å². The van der Waals surface area contributed by atoms with Gasteiger partial charge in [-0.2, -0.15) is 4.31 Å². The van der Waals surface area contributed by atoms with E-state index in [-0.39, 0.29) is 23.4 Å². The van der Waals surface area contributed by atoms with Crippen LogP contribution in [0.4, 0.5) is 0 Å². The van der Waals surface area contributed by atoms with Crippen molar-refractivity contribution >= 4 is 15.9 Å². The first-order valence-electron chi connectivity index (χ1n) is 9.97. The first kappa shape index (κ1) is 21.3. The van der Waals surface area contributed by atoms with Gasteiger partial charge in [-0.25, -0.2) is 8.42 Å². The minimum atomic E-state index is -3.73. The fourth-order valence-corrected chi connectivity index (χ4v) is 5.31. The van der Waals surface area contributed by atoms with Gasteiger partial charge in [-0.3, -0.25) is 4.79 Å². The van der Waals surface area contributed by atoms with Crippen molar-refractivity contribution in [1.82, 2.24) is 9.62 Å². The van der Waals surface area contributed by atoms with Crippen LogP contribution in [0.3, 0.4) is 0 Å². The zero-order chi connectivity index (χ0) is 20.7. The van der Waals surface area contributed by atoms with E-state index in [1.165, 1.54) is 4.31 Å². The Morgan fingerprint density at radius 1 is 1.03 bits per heavy atom. The quantitative estimate of drug-likeness (QED) is 0.716. The van der Waals surface area contributed by atoms with Gasteiger partial charge in [0.2, 0.25) is 15.9 Å². The minimum absolute atomic E-state index is 0.138. The van der Waals surface area contributed by atoms with Crippen LogP contribution in [-0.4, -0.2) is 38.3 Å². The molecule has 0 saturated heterocycles. The lowest BCUT2D eigenvalue weighted by Gasteiger charge is -2.33. The van der Waals surface area contributed by atoms with Crippen molar-refractivity contribution in [3.63, 3.8) is 0 Å². The number of hydrogen-bond acceptors (Lipinski definition) is 4. The highest BCUT2D eigenvalue weighted by molar-refractivity contribution is 7.89. The maximum absolute atomic E-state index is 13.2. The summed E-state index contributed by atoms with van der Waals surface area (Å²) in [4.78, 5) is 12.9. The normalized spacial score (nSPS) is 15.2. The van der Waals surface area contributed by atoms with Crippen molar-refractivity contribution in [2.45, 2.75) is 49.6 Å². The molecular weight excluding hydrogens is 388 g/mol. The fraction of sp³-hybridized carbons (Fsp3) is 0.409. The first-order valence-corrected chi connectivity index (χ1v) is 11.4. The molecule has 0 spiro atoms. The predicted molar refractivity (Wildman–Crippen MR) is 112 cm³/mol. The molecule has 3 rings (SSSR count). The third-order valence-corrected chi connectivity index (χ3v) is 7.19. The van der Waals surface area contributed by atoms with E-state index in [0.717, 1.165) is 43.4 Å². The van der Waals surface area contributed by atoms with Gasteiger partial charge in [0.05, 0.1) is 18.6 Å². The standard InChI is InChI=1S/C22H28N2O4S/c1-28-20-14-12-18(13-15-20)16-23-22(25)17-24(19-8-4-2-5-9-19)29(26,27)21-10-6-3-7-11-21/h3,6-7,10-15,19H,2,4-5,8-9,16-17H2,1H3,(H,23,25). The largest absolute Gasteiger partial charge is 0.497 e. The van der Waals surface area contributed by atoms with Crippen molar-refractivity contribution in [1.29, 1.82) is 0 Å². The number of sulfonamides is 1. The third kappa shape index (κ3) is 5.58. The van der Waals surface area contributed by atoms with Crippen molar-refractivity contribution in [2.75, 3.05) is 13.7 Å². The van der Waals surface area contributed by atoms with Crippen LogP contribution < -0.4 is 10.1 Å². The van der Waals surface area contributed by atoms with Gasteiger partial charge in [-0.1, -0.05) is 49.6 Å². The molecule has 0 unspecified atom stereocenters. The van der Waals surface area contributed by atoms with E-state index in [2.05, 4.69) is 5.32 Å².